The number of benzene rings is 2. The first-order valence-corrected chi connectivity index (χ1v) is 8.16. The van der Waals surface area contributed by atoms with E-state index in [-0.39, 0.29) is 11.6 Å². The van der Waals surface area contributed by atoms with E-state index >= 15 is 0 Å². The van der Waals surface area contributed by atoms with E-state index < -0.39 is 0 Å². The second kappa shape index (κ2) is 7.97. The van der Waals surface area contributed by atoms with Crippen molar-refractivity contribution in [1.82, 2.24) is 10.2 Å². The lowest BCUT2D eigenvalue weighted by Crippen LogP contribution is -2.15. The fourth-order valence-electron chi connectivity index (χ4n) is 2.40. The second-order valence-electron chi connectivity index (χ2n) is 5.78. The van der Waals surface area contributed by atoms with E-state index in [0.29, 0.717) is 22.8 Å². The Labute approximate surface area is 156 Å². The average Bonchev–Trinajstić information content (AvgIpc) is 2.69. The highest BCUT2D eigenvalue weighted by molar-refractivity contribution is 6.03. The Morgan fingerprint density at radius 2 is 1.85 bits per heavy atom. The maximum atomic E-state index is 12.4. The van der Waals surface area contributed by atoms with E-state index in [2.05, 4.69) is 26.9 Å². The van der Waals surface area contributed by atoms with Crippen molar-refractivity contribution in [2.45, 2.75) is 6.92 Å². The third-order valence-electron chi connectivity index (χ3n) is 3.79. The quantitative estimate of drug-likeness (QED) is 0.721. The summed E-state index contributed by atoms with van der Waals surface area (Å²) in [6.45, 7) is 1.93. The van der Waals surface area contributed by atoms with Gasteiger partial charge in [-0.05, 0) is 61.0 Å². The summed E-state index contributed by atoms with van der Waals surface area (Å²) in [5, 5.41) is 22.6. The van der Waals surface area contributed by atoms with Crippen LogP contribution >= 0.6 is 0 Å². The van der Waals surface area contributed by atoms with Crippen LogP contribution in [0.15, 0.2) is 54.6 Å². The van der Waals surface area contributed by atoms with Gasteiger partial charge in [-0.2, -0.15) is 5.26 Å². The van der Waals surface area contributed by atoms with Crippen LogP contribution < -0.4 is 15.4 Å². The molecule has 0 saturated carbocycles. The molecule has 7 nitrogen and oxygen atoms in total. The van der Waals surface area contributed by atoms with Gasteiger partial charge in [-0.15, -0.1) is 10.2 Å². The van der Waals surface area contributed by atoms with Crippen molar-refractivity contribution in [3.63, 3.8) is 0 Å². The van der Waals surface area contributed by atoms with Crippen molar-refractivity contribution < 1.29 is 9.53 Å². The molecule has 3 aromatic rings. The molecule has 0 saturated heterocycles. The van der Waals surface area contributed by atoms with E-state index in [4.69, 9.17) is 10.00 Å². The lowest BCUT2D eigenvalue weighted by atomic mass is 10.2. The summed E-state index contributed by atoms with van der Waals surface area (Å²) in [7, 11) is 1.55. The highest BCUT2D eigenvalue weighted by Crippen LogP contribution is 2.25. The number of ether oxygens (including phenoxy) is 1. The smallest absolute Gasteiger partial charge is 0.276 e. The zero-order valence-corrected chi connectivity index (χ0v) is 14.9. The number of anilines is 3. The number of nitriles is 1. The Morgan fingerprint density at radius 1 is 1.07 bits per heavy atom. The predicted octanol–water partition coefficient (Wildman–Crippen LogP) is 3.66. The molecule has 0 fully saturated rings. The number of aromatic nitrogens is 2. The van der Waals surface area contributed by atoms with Crippen LogP contribution in [0.2, 0.25) is 0 Å². The molecule has 1 amide bonds. The van der Waals surface area contributed by atoms with Crippen LogP contribution in [0.3, 0.4) is 0 Å². The monoisotopic (exact) mass is 359 g/mol. The lowest BCUT2D eigenvalue weighted by molar-refractivity contribution is 0.102. The van der Waals surface area contributed by atoms with Gasteiger partial charge >= 0.3 is 0 Å². The number of aryl methyl sites for hydroxylation is 1. The van der Waals surface area contributed by atoms with Crippen LogP contribution in [-0.2, 0) is 0 Å². The maximum absolute atomic E-state index is 12.4. The summed E-state index contributed by atoms with van der Waals surface area (Å²) in [5.41, 5.74) is 3.10. The van der Waals surface area contributed by atoms with Crippen molar-refractivity contribution in [3.05, 3.63) is 71.4 Å². The molecule has 27 heavy (non-hydrogen) atoms. The molecule has 7 heteroatoms. The van der Waals surface area contributed by atoms with Gasteiger partial charge in [0.1, 0.15) is 5.75 Å². The van der Waals surface area contributed by atoms with Crippen LogP contribution in [0.5, 0.6) is 5.75 Å². The molecule has 0 aliphatic carbocycles. The van der Waals surface area contributed by atoms with Gasteiger partial charge in [0.25, 0.3) is 5.91 Å². The summed E-state index contributed by atoms with van der Waals surface area (Å²) in [5.74, 6) is 0.682. The SMILES string of the molecule is COc1ccc(C)cc1NC(=O)c1ccc(Nc2ccc(C#N)cc2)nn1. The van der Waals surface area contributed by atoms with Gasteiger partial charge in [0.05, 0.1) is 24.4 Å². The summed E-state index contributed by atoms with van der Waals surface area (Å²) in [6.07, 6.45) is 0. The number of carbonyl (C=O) groups excluding carboxylic acids is 1. The number of nitrogens with zero attached hydrogens (tertiary/aromatic N) is 3. The van der Waals surface area contributed by atoms with Crippen LogP contribution in [-0.4, -0.2) is 23.2 Å². The molecule has 3 rings (SSSR count). The van der Waals surface area contributed by atoms with Crippen molar-refractivity contribution >= 4 is 23.1 Å². The Balaban J connectivity index is 1.70. The van der Waals surface area contributed by atoms with Crippen LogP contribution in [0.4, 0.5) is 17.2 Å². The highest BCUT2D eigenvalue weighted by Gasteiger charge is 2.12. The average molecular weight is 359 g/mol. The molecule has 134 valence electrons. The van der Waals surface area contributed by atoms with Gasteiger partial charge in [-0.3, -0.25) is 4.79 Å². The van der Waals surface area contributed by atoms with E-state index in [1.807, 2.05) is 19.1 Å². The van der Waals surface area contributed by atoms with Gasteiger partial charge in [0.15, 0.2) is 11.5 Å². The standard InChI is InChI=1S/C20H17N5O2/c1-13-3-9-18(27-2)17(11-13)23-20(26)16-8-10-19(25-24-16)22-15-6-4-14(12-21)5-7-15/h3-11H,1-2H3,(H,22,25)(H,23,26). The van der Waals surface area contributed by atoms with Crippen molar-refractivity contribution in [1.29, 1.82) is 5.26 Å². The molecule has 0 atom stereocenters. The highest BCUT2D eigenvalue weighted by atomic mass is 16.5. The van der Waals surface area contributed by atoms with E-state index in [0.717, 1.165) is 11.3 Å². The van der Waals surface area contributed by atoms with Crippen LogP contribution in [0.1, 0.15) is 21.6 Å². The number of methoxy groups -OCH3 is 1. The fraction of sp³-hybridized carbons (Fsp3) is 0.100. The van der Waals surface area contributed by atoms with E-state index in [1.165, 1.54) is 0 Å². The zero-order chi connectivity index (χ0) is 19.2. The minimum Gasteiger partial charge on any atom is -0.495 e. The Hall–Kier alpha value is -3.92. The Kier molecular flexibility index (Phi) is 5.28. The number of amides is 1. The topological polar surface area (TPSA) is 99.9 Å². The first kappa shape index (κ1) is 17.9. The second-order valence-corrected chi connectivity index (χ2v) is 5.78. The van der Waals surface area contributed by atoms with E-state index in [9.17, 15) is 4.79 Å². The molecule has 0 aliphatic heterocycles. The first-order chi connectivity index (χ1) is 13.1. The minimum absolute atomic E-state index is 0.184. The third kappa shape index (κ3) is 4.38. The van der Waals surface area contributed by atoms with Gasteiger partial charge in [-0.25, -0.2) is 0 Å². The molecule has 2 N–H and O–H groups in total. The van der Waals surface area contributed by atoms with E-state index in [1.54, 1.807) is 49.6 Å². The lowest BCUT2D eigenvalue weighted by Gasteiger charge is -2.11. The molecule has 1 aromatic heterocycles. The summed E-state index contributed by atoms with van der Waals surface area (Å²) in [4.78, 5) is 12.4. The Morgan fingerprint density at radius 3 is 2.48 bits per heavy atom. The molecule has 0 spiro atoms. The van der Waals surface area contributed by atoms with Crippen LogP contribution in [0.25, 0.3) is 0 Å². The molecule has 2 aromatic carbocycles. The maximum Gasteiger partial charge on any atom is 0.276 e. The van der Waals surface area contributed by atoms with Crippen molar-refractivity contribution in [3.8, 4) is 11.8 Å². The first-order valence-electron chi connectivity index (χ1n) is 8.16. The normalized spacial score (nSPS) is 9.96. The largest absolute Gasteiger partial charge is 0.495 e. The molecule has 0 aliphatic rings. The molecular formula is C20H17N5O2. The van der Waals surface area contributed by atoms with Crippen molar-refractivity contribution in [2.24, 2.45) is 0 Å². The summed E-state index contributed by atoms with van der Waals surface area (Å²) >= 11 is 0. The number of carbonyl (C=O) groups is 1. The van der Waals surface area contributed by atoms with Gasteiger partial charge in [0, 0.05) is 5.69 Å². The molecule has 0 bridgehead atoms. The third-order valence-corrected chi connectivity index (χ3v) is 3.79. The predicted molar refractivity (Wildman–Crippen MR) is 102 cm³/mol. The number of rotatable bonds is 5. The van der Waals surface area contributed by atoms with Gasteiger partial charge in [0.2, 0.25) is 0 Å². The minimum atomic E-state index is -0.378. The molecular weight excluding hydrogens is 342 g/mol. The summed E-state index contributed by atoms with van der Waals surface area (Å²) < 4.78 is 5.26. The van der Waals surface area contributed by atoms with Gasteiger partial charge < -0.3 is 15.4 Å². The molecule has 0 unspecified atom stereocenters. The number of nitrogens with one attached hydrogen (secondary N) is 2. The number of hydrogen-bond acceptors (Lipinski definition) is 6. The van der Waals surface area contributed by atoms with Crippen LogP contribution in [0, 0.1) is 18.3 Å². The fourth-order valence-corrected chi connectivity index (χ4v) is 2.40. The van der Waals surface area contributed by atoms with Crippen molar-refractivity contribution in [2.75, 3.05) is 17.7 Å². The number of hydrogen-bond donors (Lipinski definition) is 2. The van der Waals surface area contributed by atoms with Gasteiger partial charge in [-0.1, -0.05) is 6.07 Å². The Bertz CT molecular complexity index is 992. The summed E-state index contributed by atoms with van der Waals surface area (Å²) in [6, 6.07) is 17.8. The molecule has 0 radical (unpaired) electrons. The zero-order valence-electron chi connectivity index (χ0n) is 14.9. The molecule has 1 heterocycles.